The molecule has 0 spiro atoms. The van der Waals surface area contributed by atoms with Gasteiger partial charge >= 0.3 is 0 Å². The van der Waals surface area contributed by atoms with Gasteiger partial charge in [-0.3, -0.25) is 4.40 Å². The van der Waals surface area contributed by atoms with Crippen molar-refractivity contribution in [2.45, 2.75) is 39.7 Å². The molecule has 4 aromatic rings. The topological polar surface area (TPSA) is 53.1 Å². The van der Waals surface area contributed by atoms with Crippen LogP contribution < -0.4 is 5.32 Å². The van der Waals surface area contributed by atoms with Crippen LogP contribution in [0.4, 0.5) is 5.82 Å². The number of halogens is 1. The van der Waals surface area contributed by atoms with Crippen LogP contribution in [0.3, 0.4) is 0 Å². The van der Waals surface area contributed by atoms with Crippen LogP contribution in [0.5, 0.6) is 0 Å². The van der Waals surface area contributed by atoms with E-state index < -0.39 is 0 Å². The van der Waals surface area contributed by atoms with E-state index in [1.807, 2.05) is 55.5 Å². The highest BCUT2D eigenvalue weighted by Gasteiger charge is 2.22. The maximum Gasteiger partial charge on any atom is 0.157 e. The SMILES string of the molecule is CCC(C)Nc1c(Cc2ccccc2Cl)c(C)c(C#N)c2nc3ccccc3n12. The summed E-state index contributed by atoms with van der Waals surface area (Å²) < 4.78 is 2.10. The van der Waals surface area contributed by atoms with Crippen LogP contribution in [0.1, 0.15) is 42.5 Å². The van der Waals surface area contributed by atoms with Crippen molar-refractivity contribution < 1.29 is 0 Å². The smallest absolute Gasteiger partial charge is 0.157 e. The van der Waals surface area contributed by atoms with Gasteiger partial charge in [0.05, 0.1) is 16.6 Å². The van der Waals surface area contributed by atoms with Gasteiger partial charge in [-0.05, 0) is 49.6 Å². The van der Waals surface area contributed by atoms with Gasteiger partial charge in [0, 0.05) is 23.0 Å². The van der Waals surface area contributed by atoms with E-state index in [1.165, 1.54) is 0 Å². The second-order valence-corrected chi connectivity index (χ2v) is 7.83. The minimum Gasteiger partial charge on any atom is -0.368 e. The standard InChI is InChI=1S/C24H23ClN4/c1-4-15(2)27-23-18(13-17-9-5-6-10-20(17)25)16(3)19(14-26)24-28-21-11-7-8-12-22(21)29(23)24/h5-12,15,27H,4,13H2,1-3H3. The van der Waals surface area contributed by atoms with Gasteiger partial charge in [-0.1, -0.05) is 48.9 Å². The van der Waals surface area contributed by atoms with E-state index in [2.05, 4.69) is 29.6 Å². The molecule has 0 fully saturated rings. The molecule has 0 amide bonds. The van der Waals surface area contributed by atoms with Crippen molar-refractivity contribution in [2.75, 3.05) is 5.32 Å². The fraction of sp³-hybridized carbons (Fsp3) is 0.250. The lowest BCUT2D eigenvalue weighted by atomic mass is 9.97. The van der Waals surface area contributed by atoms with E-state index in [9.17, 15) is 5.26 Å². The molecule has 0 aliphatic carbocycles. The second-order valence-electron chi connectivity index (χ2n) is 7.42. The van der Waals surface area contributed by atoms with Crippen LogP contribution in [-0.2, 0) is 6.42 Å². The summed E-state index contributed by atoms with van der Waals surface area (Å²) in [5.41, 5.74) is 6.23. The maximum atomic E-state index is 9.96. The fourth-order valence-corrected chi connectivity index (χ4v) is 3.92. The van der Waals surface area contributed by atoms with E-state index in [1.54, 1.807) is 0 Å². The van der Waals surface area contributed by atoms with Crippen molar-refractivity contribution in [3.8, 4) is 6.07 Å². The van der Waals surface area contributed by atoms with Crippen molar-refractivity contribution in [1.82, 2.24) is 9.38 Å². The van der Waals surface area contributed by atoms with Gasteiger partial charge in [0.2, 0.25) is 0 Å². The summed E-state index contributed by atoms with van der Waals surface area (Å²) in [4.78, 5) is 4.78. The highest BCUT2D eigenvalue weighted by molar-refractivity contribution is 6.31. The average molecular weight is 403 g/mol. The van der Waals surface area contributed by atoms with E-state index in [0.29, 0.717) is 17.6 Å². The lowest BCUT2D eigenvalue weighted by Crippen LogP contribution is -2.19. The molecule has 1 atom stereocenters. The first-order valence-electron chi connectivity index (χ1n) is 9.87. The second kappa shape index (κ2) is 7.77. The molecule has 0 saturated carbocycles. The number of rotatable bonds is 5. The van der Waals surface area contributed by atoms with Crippen molar-refractivity contribution in [1.29, 1.82) is 5.26 Å². The summed E-state index contributed by atoms with van der Waals surface area (Å²) >= 11 is 6.47. The fourth-order valence-electron chi connectivity index (χ4n) is 3.72. The van der Waals surface area contributed by atoms with E-state index in [-0.39, 0.29) is 6.04 Å². The third-order valence-corrected chi connectivity index (χ3v) is 5.92. The third kappa shape index (κ3) is 3.32. The Morgan fingerprint density at radius 2 is 1.90 bits per heavy atom. The van der Waals surface area contributed by atoms with E-state index in [0.717, 1.165) is 45.0 Å². The predicted octanol–water partition coefficient (Wildman–Crippen LogP) is 6.12. The van der Waals surface area contributed by atoms with Crippen LogP contribution in [0.25, 0.3) is 16.7 Å². The molecule has 29 heavy (non-hydrogen) atoms. The van der Waals surface area contributed by atoms with E-state index in [4.69, 9.17) is 16.6 Å². The Labute approximate surface area is 175 Å². The van der Waals surface area contributed by atoms with Gasteiger partial charge in [0.15, 0.2) is 5.65 Å². The number of aromatic nitrogens is 2. The van der Waals surface area contributed by atoms with Crippen LogP contribution in [0.15, 0.2) is 48.5 Å². The van der Waals surface area contributed by atoms with Crippen molar-refractivity contribution in [3.63, 3.8) is 0 Å². The third-order valence-electron chi connectivity index (χ3n) is 5.55. The number of nitriles is 1. The molecule has 1 unspecified atom stereocenters. The van der Waals surface area contributed by atoms with Gasteiger partial charge in [0.1, 0.15) is 11.9 Å². The predicted molar refractivity (Wildman–Crippen MR) is 120 cm³/mol. The van der Waals surface area contributed by atoms with Crippen LogP contribution in [0, 0.1) is 18.3 Å². The number of nitrogens with one attached hydrogen (secondary N) is 1. The maximum absolute atomic E-state index is 9.96. The monoisotopic (exact) mass is 402 g/mol. The number of imidazole rings is 1. The lowest BCUT2D eigenvalue weighted by molar-refractivity contribution is 0.754. The zero-order chi connectivity index (χ0) is 20.5. The molecule has 4 nitrogen and oxygen atoms in total. The van der Waals surface area contributed by atoms with Crippen molar-refractivity contribution >= 4 is 34.1 Å². The summed E-state index contributed by atoms with van der Waals surface area (Å²) in [6.45, 7) is 6.33. The molecule has 0 saturated heterocycles. The number of hydrogen-bond donors (Lipinski definition) is 1. The molecule has 0 aliphatic heterocycles. The Kier molecular flexibility index (Phi) is 5.17. The molecule has 4 rings (SSSR count). The molecular formula is C24H23ClN4. The Bertz CT molecular complexity index is 1250. The number of nitrogens with zero attached hydrogens (tertiary/aromatic N) is 3. The Balaban J connectivity index is 2.08. The van der Waals surface area contributed by atoms with Gasteiger partial charge in [-0.25, -0.2) is 4.98 Å². The number of pyridine rings is 1. The molecule has 1 N–H and O–H groups in total. The minimum atomic E-state index is 0.275. The summed E-state index contributed by atoms with van der Waals surface area (Å²) in [7, 11) is 0. The van der Waals surface area contributed by atoms with Crippen LogP contribution in [-0.4, -0.2) is 15.4 Å². The van der Waals surface area contributed by atoms with Crippen LogP contribution >= 0.6 is 11.6 Å². The number of para-hydroxylation sites is 2. The van der Waals surface area contributed by atoms with Gasteiger partial charge < -0.3 is 5.32 Å². The first-order chi connectivity index (χ1) is 14.0. The highest BCUT2D eigenvalue weighted by atomic mass is 35.5. The summed E-state index contributed by atoms with van der Waals surface area (Å²) in [5, 5.41) is 14.4. The quantitative estimate of drug-likeness (QED) is 0.437. The zero-order valence-electron chi connectivity index (χ0n) is 16.8. The van der Waals surface area contributed by atoms with Gasteiger partial charge in [0.25, 0.3) is 0 Å². The number of anilines is 1. The molecule has 5 heteroatoms. The number of fused-ring (bicyclic) bond motifs is 3. The average Bonchev–Trinajstić information content (AvgIpc) is 3.11. The molecule has 0 aliphatic rings. The molecule has 146 valence electrons. The van der Waals surface area contributed by atoms with E-state index >= 15 is 0 Å². The van der Waals surface area contributed by atoms with Gasteiger partial charge in [-0.2, -0.15) is 5.26 Å². The first kappa shape index (κ1) is 19.3. The van der Waals surface area contributed by atoms with Crippen molar-refractivity contribution in [2.24, 2.45) is 0 Å². The molecule has 2 heterocycles. The van der Waals surface area contributed by atoms with Gasteiger partial charge in [-0.15, -0.1) is 0 Å². The Morgan fingerprint density at radius 3 is 2.62 bits per heavy atom. The largest absolute Gasteiger partial charge is 0.368 e. The highest BCUT2D eigenvalue weighted by Crippen LogP contribution is 2.34. The minimum absolute atomic E-state index is 0.275. The molecule has 0 radical (unpaired) electrons. The summed E-state index contributed by atoms with van der Waals surface area (Å²) in [6, 6.07) is 18.6. The molecule has 0 bridgehead atoms. The number of hydrogen-bond acceptors (Lipinski definition) is 3. The molecule has 2 aromatic heterocycles. The lowest BCUT2D eigenvalue weighted by Gasteiger charge is -2.22. The Morgan fingerprint density at radius 1 is 1.17 bits per heavy atom. The Hall–Kier alpha value is -3.03. The molecular weight excluding hydrogens is 380 g/mol. The molecule has 2 aromatic carbocycles. The normalized spacial score (nSPS) is 12.2. The summed E-state index contributed by atoms with van der Waals surface area (Å²) in [5.74, 6) is 0.986. The van der Waals surface area contributed by atoms with Crippen molar-refractivity contribution in [3.05, 3.63) is 75.8 Å². The van der Waals surface area contributed by atoms with Crippen LogP contribution in [0.2, 0.25) is 5.02 Å². The first-order valence-corrected chi connectivity index (χ1v) is 10.3. The number of benzene rings is 2. The summed E-state index contributed by atoms with van der Waals surface area (Å²) in [6.07, 6.45) is 1.63. The zero-order valence-corrected chi connectivity index (χ0v) is 17.6.